The molecule has 1 heterocycles. The highest BCUT2D eigenvalue weighted by atomic mass is 32.2. The number of non-ortho nitro benzene ring substituents is 1. The van der Waals surface area contributed by atoms with Gasteiger partial charge >= 0.3 is 0 Å². The van der Waals surface area contributed by atoms with E-state index < -0.39 is 31.5 Å². The number of nitro groups is 1. The molecule has 2 rings (SSSR count). The number of nitrogens with zero attached hydrogens (tertiary/aromatic N) is 2. The Bertz CT molecular complexity index is 810. The van der Waals surface area contributed by atoms with Crippen LogP contribution in [-0.2, 0) is 10.0 Å². The van der Waals surface area contributed by atoms with Crippen LogP contribution in [0.4, 0.5) is 21.5 Å². The lowest BCUT2D eigenvalue weighted by Crippen LogP contribution is -2.16. The average molecular weight is 312 g/mol. The number of nitro benzene ring substituents is 1. The maximum absolute atomic E-state index is 13.3. The van der Waals surface area contributed by atoms with Gasteiger partial charge in [0, 0.05) is 12.3 Å². The molecule has 0 aliphatic rings. The highest BCUT2D eigenvalue weighted by Gasteiger charge is 2.20. The molecule has 0 bridgehead atoms. The summed E-state index contributed by atoms with van der Waals surface area (Å²) in [7, 11) is -4.18. The predicted molar refractivity (Wildman–Crippen MR) is 72.5 cm³/mol. The molecule has 0 fully saturated rings. The van der Waals surface area contributed by atoms with Crippen LogP contribution in [0, 0.1) is 15.9 Å². The first-order chi connectivity index (χ1) is 9.79. The monoisotopic (exact) mass is 312 g/mol. The molecule has 2 aromatic rings. The molecule has 21 heavy (non-hydrogen) atoms. The number of nitrogens with two attached hydrogens (primary N) is 1. The molecule has 0 amide bonds. The Hall–Kier alpha value is -2.75. The lowest BCUT2D eigenvalue weighted by molar-refractivity contribution is -0.385. The summed E-state index contributed by atoms with van der Waals surface area (Å²) >= 11 is 0. The summed E-state index contributed by atoms with van der Waals surface area (Å²) in [5.74, 6) is -0.948. The Labute approximate surface area is 118 Å². The number of aromatic nitrogens is 1. The Balaban J connectivity index is 2.42. The van der Waals surface area contributed by atoms with Crippen molar-refractivity contribution in [3.63, 3.8) is 0 Å². The quantitative estimate of drug-likeness (QED) is 0.650. The molecule has 0 saturated carbocycles. The van der Waals surface area contributed by atoms with E-state index in [9.17, 15) is 22.9 Å². The highest BCUT2D eigenvalue weighted by Crippen LogP contribution is 2.23. The minimum atomic E-state index is -4.18. The van der Waals surface area contributed by atoms with Gasteiger partial charge in [-0.3, -0.25) is 14.8 Å². The Morgan fingerprint density at radius 1 is 1.33 bits per heavy atom. The summed E-state index contributed by atoms with van der Waals surface area (Å²) in [5, 5.41) is 10.2. The third-order valence-electron chi connectivity index (χ3n) is 2.40. The number of benzene rings is 1. The summed E-state index contributed by atoms with van der Waals surface area (Å²) in [5.41, 5.74) is 4.52. The van der Waals surface area contributed by atoms with E-state index >= 15 is 0 Å². The van der Waals surface area contributed by atoms with Gasteiger partial charge in [-0.05, 0) is 18.2 Å². The molecular formula is C11H9FN4O4S. The molecule has 1 aromatic heterocycles. The van der Waals surface area contributed by atoms with Gasteiger partial charge in [-0.2, -0.15) is 8.42 Å². The third kappa shape index (κ3) is 3.23. The first kappa shape index (κ1) is 14.7. The van der Waals surface area contributed by atoms with Gasteiger partial charge in [0.2, 0.25) is 0 Å². The van der Waals surface area contributed by atoms with Crippen LogP contribution in [-0.4, -0.2) is 18.3 Å². The van der Waals surface area contributed by atoms with E-state index in [1.165, 1.54) is 18.3 Å². The summed E-state index contributed by atoms with van der Waals surface area (Å²) in [6, 6.07) is 5.15. The summed E-state index contributed by atoms with van der Waals surface area (Å²) in [4.78, 5) is 13.4. The zero-order chi connectivity index (χ0) is 15.6. The van der Waals surface area contributed by atoms with E-state index in [1.807, 2.05) is 4.72 Å². The van der Waals surface area contributed by atoms with Crippen molar-refractivity contribution >= 4 is 27.1 Å². The largest absolute Gasteiger partial charge is 0.396 e. The van der Waals surface area contributed by atoms with Crippen molar-refractivity contribution in [2.75, 3.05) is 10.5 Å². The van der Waals surface area contributed by atoms with E-state index in [0.29, 0.717) is 6.07 Å². The second-order valence-corrected chi connectivity index (χ2v) is 5.56. The van der Waals surface area contributed by atoms with Crippen LogP contribution >= 0.6 is 0 Å². The molecule has 0 atom stereocenters. The first-order valence-corrected chi connectivity index (χ1v) is 6.96. The molecule has 0 aliphatic carbocycles. The van der Waals surface area contributed by atoms with Crippen LogP contribution in [0.15, 0.2) is 41.6 Å². The maximum atomic E-state index is 13.3. The fourth-order valence-electron chi connectivity index (χ4n) is 1.57. The van der Waals surface area contributed by atoms with Gasteiger partial charge in [0.25, 0.3) is 15.7 Å². The summed E-state index contributed by atoms with van der Waals surface area (Å²) in [6.07, 6.45) is 1.22. The number of nitrogen functional groups attached to an aromatic ring is 1. The topological polar surface area (TPSA) is 128 Å². The fraction of sp³-hybridized carbons (Fsp3) is 0. The van der Waals surface area contributed by atoms with E-state index in [4.69, 9.17) is 5.73 Å². The first-order valence-electron chi connectivity index (χ1n) is 5.48. The number of hydrogen-bond acceptors (Lipinski definition) is 6. The molecule has 0 radical (unpaired) electrons. The summed E-state index contributed by atoms with van der Waals surface area (Å²) in [6.45, 7) is 0. The lowest BCUT2D eigenvalue weighted by atomic mass is 10.3. The lowest BCUT2D eigenvalue weighted by Gasteiger charge is -2.09. The van der Waals surface area contributed by atoms with Crippen molar-refractivity contribution in [3.05, 3.63) is 52.5 Å². The van der Waals surface area contributed by atoms with Crippen LogP contribution in [0.25, 0.3) is 0 Å². The van der Waals surface area contributed by atoms with E-state index in [-0.39, 0.29) is 11.4 Å². The number of sulfonamides is 1. The molecule has 10 heteroatoms. The van der Waals surface area contributed by atoms with E-state index in [1.54, 1.807) is 0 Å². The standard InChI is InChI=1S/C11H9FN4O4S/c12-7-4-8(6-9(5-7)16(17)18)15-21(19,20)11-10(13)2-1-3-14-11/h1-6,15H,13H2. The molecule has 0 spiro atoms. The van der Waals surface area contributed by atoms with Crippen molar-refractivity contribution in [2.45, 2.75) is 5.03 Å². The van der Waals surface area contributed by atoms with Crippen LogP contribution in [0.1, 0.15) is 0 Å². The van der Waals surface area contributed by atoms with Gasteiger partial charge in [0.05, 0.1) is 22.4 Å². The Kier molecular flexibility index (Phi) is 3.72. The zero-order valence-corrected chi connectivity index (χ0v) is 11.2. The second kappa shape index (κ2) is 5.32. The van der Waals surface area contributed by atoms with Crippen LogP contribution in [0.5, 0.6) is 0 Å². The number of nitrogens with one attached hydrogen (secondary N) is 1. The van der Waals surface area contributed by atoms with Gasteiger partial charge in [0.1, 0.15) is 5.82 Å². The van der Waals surface area contributed by atoms with Gasteiger partial charge in [-0.1, -0.05) is 0 Å². The highest BCUT2D eigenvalue weighted by molar-refractivity contribution is 7.92. The van der Waals surface area contributed by atoms with Crippen molar-refractivity contribution < 1.29 is 17.7 Å². The molecular weight excluding hydrogens is 303 g/mol. The number of rotatable bonds is 4. The van der Waals surface area contributed by atoms with Gasteiger partial charge in [0.15, 0.2) is 5.03 Å². The minimum Gasteiger partial charge on any atom is -0.396 e. The zero-order valence-electron chi connectivity index (χ0n) is 10.4. The van der Waals surface area contributed by atoms with E-state index in [0.717, 1.165) is 12.1 Å². The van der Waals surface area contributed by atoms with Crippen LogP contribution in [0.3, 0.4) is 0 Å². The molecule has 0 saturated heterocycles. The fourth-order valence-corrected chi connectivity index (χ4v) is 2.67. The molecule has 0 aliphatic heterocycles. The van der Waals surface area contributed by atoms with Gasteiger partial charge < -0.3 is 5.73 Å². The molecule has 8 nitrogen and oxygen atoms in total. The van der Waals surface area contributed by atoms with Crippen molar-refractivity contribution in [1.29, 1.82) is 0 Å². The SMILES string of the molecule is Nc1cccnc1S(=O)(=O)Nc1cc(F)cc([N+](=O)[O-])c1. The average Bonchev–Trinajstić information content (AvgIpc) is 2.37. The Morgan fingerprint density at radius 2 is 2.05 bits per heavy atom. The predicted octanol–water partition coefficient (Wildman–Crippen LogP) is 1.51. The molecule has 110 valence electrons. The summed E-state index contributed by atoms with van der Waals surface area (Å²) < 4.78 is 39.4. The Morgan fingerprint density at radius 3 is 2.67 bits per heavy atom. The number of halogens is 1. The minimum absolute atomic E-state index is 0.101. The number of anilines is 2. The molecule has 0 unspecified atom stereocenters. The van der Waals surface area contributed by atoms with E-state index in [2.05, 4.69) is 4.98 Å². The van der Waals surface area contributed by atoms with Crippen LogP contribution < -0.4 is 10.5 Å². The third-order valence-corrected chi connectivity index (χ3v) is 3.76. The maximum Gasteiger partial charge on any atom is 0.281 e. The molecule has 3 N–H and O–H groups in total. The normalized spacial score (nSPS) is 11.1. The van der Waals surface area contributed by atoms with Crippen molar-refractivity contribution in [3.8, 4) is 0 Å². The van der Waals surface area contributed by atoms with Gasteiger partial charge in [-0.25, -0.2) is 9.37 Å². The molecule has 1 aromatic carbocycles. The van der Waals surface area contributed by atoms with Crippen molar-refractivity contribution in [1.82, 2.24) is 4.98 Å². The second-order valence-electron chi connectivity index (χ2n) is 3.96. The van der Waals surface area contributed by atoms with Gasteiger partial charge in [-0.15, -0.1) is 0 Å². The number of hydrogen-bond donors (Lipinski definition) is 2. The van der Waals surface area contributed by atoms with Crippen molar-refractivity contribution in [2.24, 2.45) is 0 Å². The number of pyridine rings is 1. The van der Waals surface area contributed by atoms with Crippen LogP contribution in [0.2, 0.25) is 0 Å². The smallest absolute Gasteiger partial charge is 0.281 e.